The number of hydrogen-bond donors (Lipinski definition) is 1. The normalized spacial score (nSPS) is 23.5. The minimum Gasteiger partial charge on any atom is -0.351 e. The third-order valence-corrected chi connectivity index (χ3v) is 11.2. The van der Waals surface area contributed by atoms with E-state index in [1.54, 1.807) is 4.90 Å². The van der Waals surface area contributed by atoms with Crippen LogP contribution in [0.2, 0.25) is 5.02 Å². The van der Waals surface area contributed by atoms with Crippen LogP contribution in [0.3, 0.4) is 0 Å². The average Bonchev–Trinajstić information content (AvgIpc) is 3.12. The van der Waals surface area contributed by atoms with Crippen molar-refractivity contribution in [2.75, 3.05) is 39.3 Å². The van der Waals surface area contributed by atoms with Gasteiger partial charge in [0, 0.05) is 52.8 Å². The van der Waals surface area contributed by atoms with E-state index in [-0.39, 0.29) is 18.0 Å². The van der Waals surface area contributed by atoms with E-state index >= 15 is 0 Å². The van der Waals surface area contributed by atoms with Gasteiger partial charge in [0.05, 0.1) is 11.7 Å². The predicted octanol–water partition coefficient (Wildman–Crippen LogP) is 7.47. The molecule has 3 fully saturated rings. The fourth-order valence-electron chi connectivity index (χ4n) is 7.65. The summed E-state index contributed by atoms with van der Waals surface area (Å²) in [5.74, 6) is 1.99. The fourth-order valence-corrected chi connectivity index (χ4v) is 8.84. The van der Waals surface area contributed by atoms with Crippen molar-refractivity contribution in [1.82, 2.24) is 14.7 Å². The maximum Gasteiger partial charge on any atom is 0.314 e. The number of likely N-dealkylation sites (tertiary alicyclic amines) is 3. The Kier molecular flexibility index (Phi) is 11.1. The number of carbonyl (C=O) groups excluding carboxylic acids is 2. The van der Waals surface area contributed by atoms with Crippen molar-refractivity contribution in [3.05, 3.63) is 55.1 Å². The molecule has 3 aliphatic heterocycles. The van der Waals surface area contributed by atoms with Crippen molar-refractivity contribution in [1.29, 1.82) is 0 Å². The van der Waals surface area contributed by atoms with Gasteiger partial charge in [-0.3, -0.25) is 14.7 Å². The molecule has 3 heterocycles. The summed E-state index contributed by atoms with van der Waals surface area (Å²) in [5.41, 5.74) is 10.4. The lowest BCUT2D eigenvalue weighted by molar-refractivity contribution is -0.134. The van der Waals surface area contributed by atoms with Gasteiger partial charge in [-0.2, -0.15) is 0 Å². The molecule has 43 heavy (non-hydrogen) atoms. The molecule has 10 heteroatoms. The van der Waals surface area contributed by atoms with E-state index < -0.39 is 0 Å². The maximum absolute atomic E-state index is 13.1. The van der Waals surface area contributed by atoms with Crippen LogP contribution in [0.25, 0.3) is 0 Å². The van der Waals surface area contributed by atoms with E-state index in [9.17, 15) is 9.59 Å². The fraction of sp³-hybridized carbons (Fsp3) is 0.606. The third-order valence-electron chi connectivity index (χ3n) is 10.2. The van der Waals surface area contributed by atoms with Crippen LogP contribution in [0, 0.1) is 17.8 Å². The Hall–Kier alpha value is -1.68. The van der Waals surface area contributed by atoms with Gasteiger partial charge in [-0.15, -0.1) is 0 Å². The van der Waals surface area contributed by atoms with E-state index in [1.807, 2.05) is 12.3 Å². The molecule has 0 bridgehead atoms. The van der Waals surface area contributed by atoms with Gasteiger partial charge >= 0.3 is 6.03 Å². The number of nitrogens with two attached hydrogens (primary N) is 1. The summed E-state index contributed by atoms with van der Waals surface area (Å²) in [6.45, 7) is 11.3. The second-order valence-corrected chi connectivity index (χ2v) is 15.1. The summed E-state index contributed by atoms with van der Waals surface area (Å²) in [7, 11) is 0. The van der Waals surface area contributed by atoms with Crippen LogP contribution in [0.15, 0.2) is 43.9 Å². The number of halogens is 3. The van der Waals surface area contributed by atoms with E-state index in [0.29, 0.717) is 37.3 Å². The summed E-state index contributed by atoms with van der Waals surface area (Å²) in [5, 5.41) is 0.764. The number of urea groups is 1. The molecule has 3 amide bonds. The zero-order valence-electron chi connectivity index (χ0n) is 25.2. The molecule has 5 rings (SSSR count). The summed E-state index contributed by atoms with van der Waals surface area (Å²) in [6.07, 6.45) is 10.6. The molecule has 0 spiro atoms. The van der Waals surface area contributed by atoms with E-state index in [0.717, 1.165) is 97.2 Å². The van der Waals surface area contributed by atoms with Crippen LogP contribution in [-0.4, -0.2) is 72.1 Å². The van der Waals surface area contributed by atoms with Crippen molar-refractivity contribution in [3.63, 3.8) is 0 Å². The van der Waals surface area contributed by atoms with Crippen molar-refractivity contribution in [2.45, 2.75) is 70.8 Å². The molecule has 3 saturated heterocycles. The van der Waals surface area contributed by atoms with Crippen LogP contribution < -0.4 is 5.73 Å². The largest absolute Gasteiger partial charge is 0.351 e. The highest BCUT2D eigenvalue weighted by atomic mass is 79.9. The molecule has 1 aliphatic carbocycles. The monoisotopic (exact) mass is 735 g/mol. The highest BCUT2D eigenvalue weighted by Crippen LogP contribution is 2.45. The number of carbonyl (C=O) groups is 2. The second kappa shape index (κ2) is 14.6. The second-order valence-electron chi connectivity index (χ2n) is 12.8. The van der Waals surface area contributed by atoms with Crippen molar-refractivity contribution in [2.24, 2.45) is 28.5 Å². The molecule has 0 radical (unpaired) electrons. The first-order chi connectivity index (χ1) is 20.6. The molecular formula is C33H44Br2ClN5O2. The lowest BCUT2D eigenvalue weighted by Gasteiger charge is -2.43. The van der Waals surface area contributed by atoms with E-state index in [2.05, 4.69) is 61.2 Å². The van der Waals surface area contributed by atoms with Gasteiger partial charge in [-0.05, 0) is 134 Å². The topological polar surface area (TPSA) is 82.2 Å². The summed E-state index contributed by atoms with van der Waals surface area (Å²) < 4.78 is 1.82. The number of primary amides is 1. The van der Waals surface area contributed by atoms with Crippen LogP contribution in [0.4, 0.5) is 4.79 Å². The van der Waals surface area contributed by atoms with Gasteiger partial charge in [0.2, 0.25) is 5.91 Å². The molecule has 7 nitrogen and oxygen atoms in total. The molecule has 2 N–H and O–H groups in total. The Morgan fingerprint density at radius 2 is 1.60 bits per heavy atom. The summed E-state index contributed by atoms with van der Waals surface area (Å²) in [4.78, 5) is 35.9. The van der Waals surface area contributed by atoms with E-state index in [4.69, 9.17) is 22.3 Å². The van der Waals surface area contributed by atoms with E-state index in [1.165, 1.54) is 16.7 Å². The number of nitrogens with zero attached hydrogens (tertiary/aromatic N) is 4. The number of benzene rings is 1. The smallest absolute Gasteiger partial charge is 0.314 e. The van der Waals surface area contributed by atoms with Crippen LogP contribution in [0.1, 0.15) is 75.5 Å². The predicted molar refractivity (Wildman–Crippen MR) is 182 cm³/mol. The van der Waals surface area contributed by atoms with Gasteiger partial charge in [0.1, 0.15) is 0 Å². The summed E-state index contributed by atoms with van der Waals surface area (Å²) in [6, 6.07) is 3.87. The quantitative estimate of drug-likeness (QED) is 0.308. The number of aliphatic imine (C=N–C) groups is 1. The van der Waals surface area contributed by atoms with Crippen LogP contribution >= 0.6 is 43.5 Å². The first-order valence-electron chi connectivity index (χ1n) is 15.7. The van der Waals surface area contributed by atoms with Crippen LogP contribution in [0.5, 0.6) is 0 Å². The Morgan fingerprint density at radius 3 is 2.21 bits per heavy atom. The molecule has 0 aromatic heterocycles. The summed E-state index contributed by atoms with van der Waals surface area (Å²) >= 11 is 13.8. The first-order valence-corrected chi connectivity index (χ1v) is 17.7. The maximum atomic E-state index is 13.1. The highest BCUT2D eigenvalue weighted by Gasteiger charge is 2.37. The number of hydrogen-bond acceptors (Lipinski definition) is 4. The van der Waals surface area contributed by atoms with Gasteiger partial charge in [0.25, 0.3) is 0 Å². The molecule has 1 aromatic rings. The third kappa shape index (κ3) is 7.95. The lowest BCUT2D eigenvalue weighted by atomic mass is 9.78. The van der Waals surface area contributed by atoms with Crippen molar-refractivity contribution < 1.29 is 9.59 Å². The molecule has 1 atom stereocenters. The minimum atomic E-state index is -0.351. The molecule has 0 saturated carbocycles. The minimum absolute atomic E-state index is 0.0718. The SMILES string of the molecule is C=C(Br)C=NC1=C(C)CCc2cc(Cl)cc(Br)c2C1N1CCC(C2CCN(C(=O)CC3CCN(C(N)=O)CC3)CC2)CC1. The van der Waals surface area contributed by atoms with Gasteiger partial charge < -0.3 is 15.5 Å². The number of piperidine rings is 3. The van der Waals surface area contributed by atoms with Gasteiger partial charge in [-0.25, -0.2) is 4.79 Å². The number of aryl methyl sites for hydroxylation is 1. The molecule has 234 valence electrons. The van der Waals surface area contributed by atoms with Gasteiger partial charge in [0.15, 0.2) is 0 Å². The van der Waals surface area contributed by atoms with Crippen molar-refractivity contribution in [3.8, 4) is 0 Å². The Morgan fingerprint density at radius 1 is 1.00 bits per heavy atom. The Bertz CT molecular complexity index is 1280. The highest BCUT2D eigenvalue weighted by molar-refractivity contribution is 9.12. The molecule has 4 aliphatic rings. The molecule has 1 unspecified atom stereocenters. The number of fused-ring (bicyclic) bond motifs is 1. The van der Waals surface area contributed by atoms with Gasteiger partial charge in [-0.1, -0.05) is 34.1 Å². The zero-order chi connectivity index (χ0) is 30.7. The van der Waals surface area contributed by atoms with Crippen LogP contribution in [-0.2, 0) is 11.2 Å². The average molecular weight is 738 g/mol. The number of rotatable bonds is 6. The number of allylic oxidation sites excluding steroid dienone is 2. The first kappa shape index (κ1) is 32.7. The molecular weight excluding hydrogens is 694 g/mol. The Balaban J connectivity index is 1.19. The molecule has 1 aromatic carbocycles. The number of amides is 3. The Labute approximate surface area is 278 Å². The lowest BCUT2D eigenvalue weighted by Crippen LogP contribution is -2.45. The van der Waals surface area contributed by atoms with Crippen molar-refractivity contribution >= 4 is 61.6 Å². The zero-order valence-corrected chi connectivity index (χ0v) is 29.1. The standard InChI is InChI=1S/C33H44Br2ClN5O2/c1-21-3-4-26-18-27(36)19-28(35)30(26)32(31(21)38-20-22(2)34)40-15-9-25(10-16-40)24-7-13-39(14-8-24)29(42)17-23-5-11-41(12-6-23)33(37)43/h18-20,23-25,32H,2-17H2,1H3,(H2,37,43).